The van der Waals surface area contributed by atoms with E-state index in [0.717, 1.165) is 36.5 Å². The zero-order valence-corrected chi connectivity index (χ0v) is 13.1. The minimum Gasteiger partial charge on any atom is -0.468 e. The summed E-state index contributed by atoms with van der Waals surface area (Å²) in [6.45, 7) is 2.57. The van der Waals surface area contributed by atoms with E-state index in [4.69, 9.17) is 16.0 Å². The van der Waals surface area contributed by atoms with Crippen molar-refractivity contribution in [1.29, 1.82) is 0 Å². The van der Waals surface area contributed by atoms with Crippen LogP contribution in [0, 0.1) is 0 Å². The van der Waals surface area contributed by atoms with Gasteiger partial charge in [-0.1, -0.05) is 23.7 Å². The van der Waals surface area contributed by atoms with Crippen LogP contribution in [0.4, 0.5) is 0 Å². The maximum atomic E-state index is 6.01. The molecule has 1 saturated carbocycles. The van der Waals surface area contributed by atoms with Crippen LogP contribution < -0.4 is 5.32 Å². The molecule has 1 aliphatic rings. The Bertz CT molecular complexity index is 592. The van der Waals surface area contributed by atoms with Crippen LogP contribution in [-0.4, -0.2) is 18.0 Å². The van der Waals surface area contributed by atoms with Gasteiger partial charge in [-0.05, 0) is 43.7 Å². The van der Waals surface area contributed by atoms with Gasteiger partial charge in [0.25, 0.3) is 0 Å². The molecule has 3 nitrogen and oxygen atoms in total. The summed E-state index contributed by atoms with van der Waals surface area (Å²) in [6.07, 6.45) is 4.48. The number of hydrogen-bond acceptors (Lipinski definition) is 3. The average Bonchev–Trinajstić information content (AvgIpc) is 3.17. The van der Waals surface area contributed by atoms with Crippen molar-refractivity contribution in [3.63, 3.8) is 0 Å². The van der Waals surface area contributed by atoms with Crippen LogP contribution in [0.25, 0.3) is 0 Å². The van der Waals surface area contributed by atoms with Gasteiger partial charge in [-0.3, -0.25) is 4.90 Å². The van der Waals surface area contributed by atoms with Crippen LogP contribution in [0.15, 0.2) is 41.0 Å². The zero-order chi connectivity index (χ0) is 14.7. The van der Waals surface area contributed by atoms with Crippen molar-refractivity contribution >= 4 is 11.6 Å². The lowest BCUT2D eigenvalue weighted by Gasteiger charge is -2.15. The van der Waals surface area contributed by atoms with Gasteiger partial charge in [-0.15, -0.1) is 0 Å². The van der Waals surface area contributed by atoms with Gasteiger partial charge >= 0.3 is 0 Å². The van der Waals surface area contributed by atoms with Gasteiger partial charge in [0.05, 0.1) is 12.8 Å². The fourth-order valence-electron chi connectivity index (χ4n) is 2.42. The molecule has 4 heteroatoms. The summed E-state index contributed by atoms with van der Waals surface area (Å²) >= 11 is 6.01. The molecule has 0 saturated heterocycles. The predicted octanol–water partition coefficient (Wildman–Crippen LogP) is 3.82. The lowest BCUT2D eigenvalue weighted by molar-refractivity contribution is 0.288. The number of hydrogen-bond donors (Lipinski definition) is 1. The Morgan fingerprint density at radius 3 is 2.86 bits per heavy atom. The average molecular weight is 305 g/mol. The van der Waals surface area contributed by atoms with E-state index in [1.165, 1.54) is 24.0 Å². The molecule has 0 radical (unpaired) electrons. The summed E-state index contributed by atoms with van der Waals surface area (Å²) in [7, 11) is 2.09. The Kier molecular flexibility index (Phi) is 4.63. The van der Waals surface area contributed by atoms with Crippen LogP contribution in [-0.2, 0) is 19.6 Å². The van der Waals surface area contributed by atoms with Crippen molar-refractivity contribution in [1.82, 2.24) is 10.2 Å². The van der Waals surface area contributed by atoms with E-state index in [2.05, 4.69) is 29.4 Å². The molecule has 1 aliphatic carbocycles. The standard InChI is InChI=1S/C17H21ClN2O/c1-20(10-13-3-2-4-15(18)7-13)11-17-8-14(12-21-17)9-19-16-5-6-16/h2-4,7-8,12,16,19H,5-6,9-11H2,1H3. The van der Waals surface area contributed by atoms with E-state index in [1.54, 1.807) is 0 Å². The second kappa shape index (κ2) is 6.65. The fourth-order valence-corrected chi connectivity index (χ4v) is 2.63. The highest BCUT2D eigenvalue weighted by molar-refractivity contribution is 6.30. The highest BCUT2D eigenvalue weighted by Crippen LogP contribution is 2.20. The predicted molar refractivity (Wildman–Crippen MR) is 85.2 cm³/mol. The van der Waals surface area contributed by atoms with Crippen molar-refractivity contribution in [3.05, 3.63) is 58.5 Å². The number of nitrogens with one attached hydrogen (secondary N) is 1. The first-order chi connectivity index (χ1) is 10.2. The first kappa shape index (κ1) is 14.6. The first-order valence-corrected chi connectivity index (χ1v) is 7.79. The SMILES string of the molecule is CN(Cc1cccc(Cl)c1)Cc1cc(CNC2CC2)co1. The molecule has 1 fully saturated rings. The molecule has 0 aliphatic heterocycles. The third-order valence-corrected chi connectivity index (χ3v) is 3.88. The third kappa shape index (κ3) is 4.60. The smallest absolute Gasteiger partial charge is 0.118 e. The topological polar surface area (TPSA) is 28.4 Å². The van der Waals surface area contributed by atoms with Crippen LogP contribution >= 0.6 is 11.6 Å². The molecule has 0 unspecified atom stereocenters. The molecule has 1 aromatic heterocycles. The largest absolute Gasteiger partial charge is 0.468 e. The zero-order valence-electron chi connectivity index (χ0n) is 12.3. The molecule has 0 bridgehead atoms. The number of furan rings is 1. The Balaban J connectivity index is 1.50. The Labute approximate surface area is 130 Å². The van der Waals surface area contributed by atoms with Crippen LogP contribution in [0.1, 0.15) is 29.7 Å². The quantitative estimate of drug-likeness (QED) is 0.843. The van der Waals surface area contributed by atoms with Crippen molar-refractivity contribution in [3.8, 4) is 0 Å². The van der Waals surface area contributed by atoms with E-state index in [1.807, 2.05) is 24.5 Å². The van der Waals surface area contributed by atoms with Gasteiger partial charge in [0.1, 0.15) is 5.76 Å². The van der Waals surface area contributed by atoms with E-state index in [0.29, 0.717) is 0 Å². The summed E-state index contributed by atoms with van der Waals surface area (Å²) in [6, 6.07) is 10.9. The molecule has 21 heavy (non-hydrogen) atoms. The van der Waals surface area contributed by atoms with Crippen molar-refractivity contribution in [2.45, 2.75) is 38.5 Å². The van der Waals surface area contributed by atoms with Crippen molar-refractivity contribution in [2.24, 2.45) is 0 Å². The summed E-state index contributed by atoms with van der Waals surface area (Å²) in [4.78, 5) is 2.22. The molecular weight excluding hydrogens is 284 g/mol. The van der Waals surface area contributed by atoms with Gasteiger partial charge in [-0.25, -0.2) is 0 Å². The molecule has 2 aromatic rings. The Morgan fingerprint density at radius 2 is 2.10 bits per heavy atom. The molecule has 3 rings (SSSR count). The molecule has 0 atom stereocenters. The molecule has 112 valence electrons. The first-order valence-electron chi connectivity index (χ1n) is 7.42. The molecule has 0 amide bonds. The summed E-state index contributed by atoms with van der Waals surface area (Å²) < 4.78 is 5.64. The fraction of sp³-hybridized carbons (Fsp3) is 0.412. The highest BCUT2D eigenvalue weighted by Gasteiger charge is 2.20. The highest BCUT2D eigenvalue weighted by atomic mass is 35.5. The monoisotopic (exact) mass is 304 g/mol. The Morgan fingerprint density at radius 1 is 1.24 bits per heavy atom. The Hall–Kier alpha value is -1.29. The maximum Gasteiger partial charge on any atom is 0.118 e. The van der Waals surface area contributed by atoms with Gasteiger partial charge < -0.3 is 9.73 Å². The van der Waals surface area contributed by atoms with E-state index < -0.39 is 0 Å². The molecule has 1 heterocycles. The van der Waals surface area contributed by atoms with Crippen LogP contribution in [0.5, 0.6) is 0 Å². The van der Waals surface area contributed by atoms with Crippen molar-refractivity contribution < 1.29 is 4.42 Å². The molecule has 1 aromatic carbocycles. The molecular formula is C17H21ClN2O. The summed E-state index contributed by atoms with van der Waals surface area (Å²) in [5, 5.41) is 4.28. The minimum absolute atomic E-state index is 0.730. The number of rotatable bonds is 7. The second-order valence-electron chi connectivity index (χ2n) is 5.88. The van der Waals surface area contributed by atoms with Gasteiger partial charge in [-0.2, -0.15) is 0 Å². The van der Waals surface area contributed by atoms with Gasteiger partial charge in [0.15, 0.2) is 0 Å². The van der Waals surface area contributed by atoms with Crippen LogP contribution in [0.2, 0.25) is 5.02 Å². The van der Waals surface area contributed by atoms with E-state index in [9.17, 15) is 0 Å². The summed E-state index contributed by atoms with van der Waals surface area (Å²) in [5.41, 5.74) is 2.44. The van der Waals surface area contributed by atoms with E-state index >= 15 is 0 Å². The minimum atomic E-state index is 0.730. The van der Waals surface area contributed by atoms with Gasteiger partial charge in [0.2, 0.25) is 0 Å². The van der Waals surface area contributed by atoms with Crippen molar-refractivity contribution in [2.75, 3.05) is 7.05 Å². The van der Waals surface area contributed by atoms with Crippen LogP contribution in [0.3, 0.4) is 0 Å². The molecule has 1 N–H and O–H groups in total. The number of nitrogens with zero attached hydrogens (tertiary/aromatic N) is 1. The maximum absolute atomic E-state index is 6.01. The summed E-state index contributed by atoms with van der Waals surface area (Å²) in [5.74, 6) is 1.01. The molecule has 0 spiro atoms. The lowest BCUT2D eigenvalue weighted by atomic mass is 10.2. The lowest BCUT2D eigenvalue weighted by Crippen LogP contribution is -2.17. The van der Waals surface area contributed by atoms with E-state index in [-0.39, 0.29) is 0 Å². The number of benzene rings is 1. The third-order valence-electron chi connectivity index (χ3n) is 3.65. The number of halogens is 1. The normalized spacial score (nSPS) is 14.8. The second-order valence-corrected chi connectivity index (χ2v) is 6.32. The van der Waals surface area contributed by atoms with Gasteiger partial charge in [0, 0.05) is 29.7 Å².